The number of nitrogens with one attached hydrogen (secondary N) is 1. The van der Waals surface area contributed by atoms with E-state index in [4.69, 9.17) is 4.74 Å². The Hall–Kier alpha value is -1.66. The maximum Gasteiger partial charge on any atom is 0.269 e. The van der Waals surface area contributed by atoms with Gasteiger partial charge in [-0.1, -0.05) is 0 Å². The van der Waals surface area contributed by atoms with Gasteiger partial charge in [-0.05, 0) is 26.1 Å². The predicted octanol–water partition coefficient (Wildman–Crippen LogP) is 1.73. The molecule has 1 aliphatic heterocycles. The molecule has 1 heterocycles. The molecule has 0 radical (unpaired) electrons. The van der Waals surface area contributed by atoms with Crippen molar-refractivity contribution in [3.63, 3.8) is 0 Å². The van der Waals surface area contributed by atoms with Crippen LogP contribution in [0.5, 0.6) is 0 Å². The summed E-state index contributed by atoms with van der Waals surface area (Å²) in [6.45, 7) is 4.65. The molecule has 0 aromatic heterocycles. The highest BCUT2D eigenvalue weighted by molar-refractivity contribution is 5.49. The summed E-state index contributed by atoms with van der Waals surface area (Å²) >= 11 is 0. The van der Waals surface area contributed by atoms with Crippen LogP contribution in [0, 0.1) is 10.1 Å². The first kappa shape index (κ1) is 13.8. The molecule has 2 atom stereocenters. The van der Waals surface area contributed by atoms with Gasteiger partial charge in [0.1, 0.15) is 0 Å². The summed E-state index contributed by atoms with van der Waals surface area (Å²) in [6.07, 6.45) is 0.133. The van der Waals surface area contributed by atoms with Crippen molar-refractivity contribution in [1.29, 1.82) is 0 Å². The molecule has 0 spiro atoms. The zero-order chi connectivity index (χ0) is 13.8. The summed E-state index contributed by atoms with van der Waals surface area (Å²) in [7, 11) is 2.08. The van der Waals surface area contributed by atoms with Crippen LogP contribution in [-0.2, 0) is 4.74 Å². The van der Waals surface area contributed by atoms with E-state index in [9.17, 15) is 10.1 Å². The first-order chi connectivity index (χ1) is 9.06. The number of rotatable bonds is 4. The molecule has 1 saturated heterocycles. The zero-order valence-corrected chi connectivity index (χ0v) is 11.2. The van der Waals surface area contributed by atoms with Crippen molar-refractivity contribution in [2.75, 3.05) is 32.1 Å². The van der Waals surface area contributed by atoms with Crippen LogP contribution in [0.2, 0.25) is 0 Å². The Bertz CT molecular complexity index is 435. The molecule has 19 heavy (non-hydrogen) atoms. The van der Waals surface area contributed by atoms with Crippen molar-refractivity contribution in [1.82, 2.24) is 4.90 Å². The molecule has 1 aliphatic rings. The Kier molecular flexibility index (Phi) is 4.34. The summed E-state index contributed by atoms with van der Waals surface area (Å²) < 4.78 is 5.73. The molecule has 0 saturated carbocycles. The Balaban J connectivity index is 1.94. The Morgan fingerprint density at radius 3 is 2.74 bits per heavy atom. The second kappa shape index (κ2) is 5.99. The third-order valence-corrected chi connectivity index (χ3v) is 3.33. The van der Waals surface area contributed by atoms with Crippen LogP contribution in [-0.4, -0.2) is 48.7 Å². The molecule has 1 aromatic carbocycles. The fourth-order valence-corrected chi connectivity index (χ4v) is 2.15. The lowest BCUT2D eigenvalue weighted by molar-refractivity contribution is -0.384. The van der Waals surface area contributed by atoms with Crippen LogP contribution < -0.4 is 5.32 Å². The average Bonchev–Trinajstić information content (AvgIpc) is 2.39. The highest BCUT2D eigenvalue weighted by atomic mass is 16.6. The molecule has 2 unspecified atom stereocenters. The predicted molar refractivity (Wildman–Crippen MR) is 73.4 cm³/mol. The number of likely N-dealkylation sites (N-methyl/N-ethyl adjacent to an activating group) is 1. The molecule has 0 bridgehead atoms. The molecule has 2 rings (SSSR count). The van der Waals surface area contributed by atoms with Gasteiger partial charge >= 0.3 is 0 Å². The van der Waals surface area contributed by atoms with Crippen molar-refractivity contribution >= 4 is 11.4 Å². The van der Waals surface area contributed by atoms with E-state index < -0.39 is 4.92 Å². The number of anilines is 1. The lowest BCUT2D eigenvalue weighted by Crippen LogP contribution is -2.47. The van der Waals surface area contributed by atoms with Crippen LogP contribution in [0.4, 0.5) is 11.4 Å². The zero-order valence-electron chi connectivity index (χ0n) is 11.2. The summed E-state index contributed by atoms with van der Waals surface area (Å²) in [5.41, 5.74) is 0.974. The standard InChI is InChI=1S/C13H19N3O3/c1-10(13-9-15(2)7-8-19-13)14-11-3-5-12(6-4-11)16(17)18/h3-6,10,13-14H,7-9H2,1-2H3. The van der Waals surface area contributed by atoms with Gasteiger partial charge in [-0.2, -0.15) is 0 Å². The van der Waals surface area contributed by atoms with Crippen molar-refractivity contribution in [3.8, 4) is 0 Å². The molecule has 6 nitrogen and oxygen atoms in total. The topological polar surface area (TPSA) is 67.6 Å². The van der Waals surface area contributed by atoms with Crippen LogP contribution >= 0.6 is 0 Å². The smallest absolute Gasteiger partial charge is 0.269 e. The molecule has 1 aromatic rings. The number of nitrogens with zero attached hydrogens (tertiary/aromatic N) is 2. The lowest BCUT2D eigenvalue weighted by atomic mass is 10.1. The molecule has 0 amide bonds. The van der Waals surface area contributed by atoms with E-state index in [-0.39, 0.29) is 17.8 Å². The van der Waals surface area contributed by atoms with Crippen molar-refractivity contribution in [2.24, 2.45) is 0 Å². The molecule has 1 N–H and O–H groups in total. The first-order valence-electron chi connectivity index (χ1n) is 6.37. The largest absolute Gasteiger partial charge is 0.380 e. The van der Waals surface area contributed by atoms with E-state index in [1.54, 1.807) is 12.1 Å². The second-order valence-corrected chi connectivity index (χ2v) is 4.91. The Labute approximate surface area is 112 Å². The van der Waals surface area contributed by atoms with E-state index in [0.29, 0.717) is 0 Å². The van der Waals surface area contributed by atoms with Crippen LogP contribution in [0.1, 0.15) is 6.92 Å². The highest BCUT2D eigenvalue weighted by Crippen LogP contribution is 2.18. The number of hydrogen-bond donors (Lipinski definition) is 1. The number of ether oxygens (including phenoxy) is 1. The fraction of sp³-hybridized carbons (Fsp3) is 0.538. The quantitative estimate of drug-likeness (QED) is 0.663. The van der Waals surface area contributed by atoms with Crippen molar-refractivity contribution in [3.05, 3.63) is 34.4 Å². The third-order valence-electron chi connectivity index (χ3n) is 3.33. The van der Waals surface area contributed by atoms with Gasteiger partial charge in [-0.25, -0.2) is 0 Å². The number of nitro benzene ring substituents is 1. The summed E-state index contributed by atoms with van der Waals surface area (Å²) in [4.78, 5) is 12.4. The molecular weight excluding hydrogens is 246 g/mol. The van der Waals surface area contributed by atoms with Gasteiger partial charge < -0.3 is 15.0 Å². The number of nitro groups is 1. The SMILES string of the molecule is CC(Nc1ccc([N+](=O)[O-])cc1)C1CN(C)CCO1. The van der Waals surface area contributed by atoms with Gasteiger partial charge in [0.25, 0.3) is 5.69 Å². The monoisotopic (exact) mass is 265 g/mol. The van der Waals surface area contributed by atoms with Crippen LogP contribution in [0.3, 0.4) is 0 Å². The number of non-ortho nitro benzene ring substituents is 1. The number of morpholine rings is 1. The molecule has 104 valence electrons. The first-order valence-corrected chi connectivity index (χ1v) is 6.37. The van der Waals surface area contributed by atoms with Crippen molar-refractivity contribution < 1.29 is 9.66 Å². The fourth-order valence-electron chi connectivity index (χ4n) is 2.15. The maximum atomic E-state index is 10.6. The van der Waals surface area contributed by atoms with E-state index in [1.165, 1.54) is 12.1 Å². The van der Waals surface area contributed by atoms with Gasteiger partial charge in [0.05, 0.1) is 23.7 Å². The van der Waals surface area contributed by atoms with E-state index in [1.807, 2.05) is 0 Å². The summed E-state index contributed by atoms with van der Waals surface area (Å²) in [5, 5.41) is 13.9. The number of benzene rings is 1. The molecule has 6 heteroatoms. The molecule has 0 aliphatic carbocycles. The van der Waals surface area contributed by atoms with E-state index in [0.717, 1.165) is 25.4 Å². The minimum Gasteiger partial charge on any atom is -0.380 e. The molecule has 1 fully saturated rings. The van der Waals surface area contributed by atoms with Gasteiger partial charge in [0.15, 0.2) is 0 Å². The Morgan fingerprint density at radius 2 is 2.16 bits per heavy atom. The van der Waals surface area contributed by atoms with Crippen LogP contribution in [0.25, 0.3) is 0 Å². The minimum absolute atomic E-state index is 0.104. The van der Waals surface area contributed by atoms with Gasteiger partial charge in [0.2, 0.25) is 0 Å². The van der Waals surface area contributed by atoms with Gasteiger partial charge in [0, 0.05) is 30.9 Å². The third kappa shape index (κ3) is 3.65. The summed E-state index contributed by atoms with van der Waals surface area (Å²) in [6, 6.07) is 6.61. The summed E-state index contributed by atoms with van der Waals surface area (Å²) in [5.74, 6) is 0. The lowest BCUT2D eigenvalue weighted by Gasteiger charge is -2.34. The number of hydrogen-bond acceptors (Lipinski definition) is 5. The maximum absolute atomic E-state index is 10.6. The minimum atomic E-state index is -0.396. The normalized spacial score (nSPS) is 21.9. The highest BCUT2D eigenvalue weighted by Gasteiger charge is 2.23. The average molecular weight is 265 g/mol. The van der Waals surface area contributed by atoms with Crippen molar-refractivity contribution in [2.45, 2.75) is 19.1 Å². The van der Waals surface area contributed by atoms with Gasteiger partial charge in [-0.15, -0.1) is 0 Å². The van der Waals surface area contributed by atoms with E-state index in [2.05, 4.69) is 24.2 Å². The Morgan fingerprint density at radius 1 is 1.47 bits per heavy atom. The second-order valence-electron chi connectivity index (χ2n) is 4.91. The van der Waals surface area contributed by atoms with Crippen LogP contribution in [0.15, 0.2) is 24.3 Å². The molecular formula is C13H19N3O3. The van der Waals surface area contributed by atoms with E-state index >= 15 is 0 Å². The van der Waals surface area contributed by atoms with Gasteiger partial charge in [-0.3, -0.25) is 10.1 Å².